The molecule has 16 heavy (non-hydrogen) atoms. The van der Waals surface area contributed by atoms with E-state index in [4.69, 9.17) is 10.3 Å². The minimum absolute atomic E-state index is 0.186. The lowest BCUT2D eigenvalue weighted by Crippen LogP contribution is -2.11. The van der Waals surface area contributed by atoms with Gasteiger partial charge in [-0.05, 0) is 13.8 Å². The van der Waals surface area contributed by atoms with Gasteiger partial charge in [0, 0.05) is 5.56 Å². The second kappa shape index (κ2) is 3.89. The Morgan fingerprint density at radius 1 is 1.44 bits per heavy atom. The molecule has 3 N–H and O–H groups in total. The molecule has 0 atom stereocenters. The summed E-state index contributed by atoms with van der Waals surface area (Å²) in [5.41, 5.74) is 6.88. The van der Waals surface area contributed by atoms with Crippen LogP contribution in [0.2, 0.25) is 0 Å². The Balaban J connectivity index is 2.17. The monoisotopic (exact) mass is 239 g/mol. The maximum atomic E-state index is 11.6. The molecule has 0 radical (unpaired) electrons. The number of amides is 1. The molecule has 1 amide bonds. The largest absolute Gasteiger partial charge is 0.374 e. The summed E-state index contributed by atoms with van der Waals surface area (Å²) in [6.07, 6.45) is 0. The van der Waals surface area contributed by atoms with Gasteiger partial charge in [0.05, 0.1) is 5.69 Å². The third kappa shape index (κ3) is 1.87. The number of rotatable bonds is 2. The molecule has 0 aliphatic carbocycles. The smallest absolute Gasteiger partial charge is 0.289 e. The van der Waals surface area contributed by atoms with Crippen molar-refractivity contribution in [3.8, 4) is 0 Å². The van der Waals surface area contributed by atoms with Crippen LogP contribution in [0.25, 0.3) is 0 Å². The van der Waals surface area contributed by atoms with Crippen LogP contribution in [-0.2, 0) is 0 Å². The summed E-state index contributed by atoms with van der Waals surface area (Å²) in [6.45, 7) is 3.59. The molecule has 0 unspecified atom stereocenters. The van der Waals surface area contributed by atoms with Gasteiger partial charge < -0.3 is 10.3 Å². The first kappa shape index (κ1) is 10.6. The van der Waals surface area contributed by atoms with Crippen LogP contribution in [0.1, 0.15) is 21.1 Å². The topological polar surface area (TPSA) is 107 Å². The fourth-order valence-electron chi connectivity index (χ4n) is 1.01. The molecule has 8 heteroatoms. The molecule has 0 saturated carbocycles. The van der Waals surface area contributed by atoms with Crippen molar-refractivity contribution in [3.05, 3.63) is 16.3 Å². The number of nitrogens with one attached hydrogen (secondary N) is 1. The van der Waals surface area contributed by atoms with Crippen LogP contribution in [0.4, 0.5) is 11.0 Å². The molecule has 2 aromatic rings. The molecule has 0 aromatic carbocycles. The molecule has 0 aliphatic rings. The van der Waals surface area contributed by atoms with Crippen molar-refractivity contribution in [3.63, 3.8) is 0 Å². The van der Waals surface area contributed by atoms with Crippen molar-refractivity contribution in [1.29, 1.82) is 0 Å². The number of nitrogens with two attached hydrogens (primary N) is 1. The predicted octanol–water partition coefficient (Wildman–Crippen LogP) is 0.977. The van der Waals surface area contributed by atoms with Crippen LogP contribution < -0.4 is 11.1 Å². The van der Waals surface area contributed by atoms with Crippen molar-refractivity contribution in [2.75, 3.05) is 11.1 Å². The minimum atomic E-state index is -0.409. The first-order valence-electron chi connectivity index (χ1n) is 4.41. The summed E-state index contributed by atoms with van der Waals surface area (Å²) in [5.74, 6) is -0.0929. The van der Waals surface area contributed by atoms with Gasteiger partial charge in [-0.25, -0.2) is 0 Å². The number of anilines is 2. The van der Waals surface area contributed by atoms with Gasteiger partial charge in [-0.3, -0.25) is 10.1 Å². The van der Waals surface area contributed by atoms with E-state index in [9.17, 15) is 4.79 Å². The van der Waals surface area contributed by atoms with E-state index in [0.29, 0.717) is 5.88 Å². The predicted molar refractivity (Wildman–Crippen MR) is 58.3 cm³/mol. The summed E-state index contributed by atoms with van der Waals surface area (Å²) in [5, 5.41) is 13.9. The molecule has 0 aliphatic heterocycles. The molecule has 0 bridgehead atoms. The van der Waals surface area contributed by atoms with E-state index in [1.54, 1.807) is 13.8 Å². The summed E-state index contributed by atoms with van der Waals surface area (Å²) in [6, 6.07) is 0. The zero-order valence-electron chi connectivity index (χ0n) is 8.64. The number of aromatic nitrogens is 3. The van der Waals surface area contributed by atoms with Gasteiger partial charge in [0.2, 0.25) is 16.0 Å². The van der Waals surface area contributed by atoms with Gasteiger partial charge in [0.1, 0.15) is 0 Å². The molecule has 2 rings (SSSR count). The second-order valence-electron chi connectivity index (χ2n) is 3.12. The summed E-state index contributed by atoms with van der Waals surface area (Å²) >= 11 is 1.01. The van der Waals surface area contributed by atoms with Gasteiger partial charge in [0.15, 0.2) is 0 Å². The van der Waals surface area contributed by atoms with Gasteiger partial charge in [-0.2, -0.15) is 0 Å². The lowest BCUT2D eigenvalue weighted by molar-refractivity contribution is 0.102. The fraction of sp³-hybridized carbons (Fsp3) is 0.250. The third-order valence-corrected chi connectivity index (χ3v) is 2.77. The highest BCUT2D eigenvalue weighted by Gasteiger charge is 2.16. The van der Waals surface area contributed by atoms with Crippen LogP contribution in [0, 0.1) is 13.8 Å². The second-order valence-corrected chi connectivity index (χ2v) is 4.13. The quantitative estimate of drug-likeness (QED) is 0.808. The first-order chi connectivity index (χ1) is 7.58. The zero-order chi connectivity index (χ0) is 11.7. The Morgan fingerprint density at radius 2 is 2.19 bits per heavy atom. The lowest BCUT2D eigenvalue weighted by atomic mass is 10.3. The number of hydrogen-bond acceptors (Lipinski definition) is 7. The SMILES string of the molecule is Cc1noc(NC(=O)c2nnc(N)s2)c1C. The van der Waals surface area contributed by atoms with Crippen LogP contribution in [0.3, 0.4) is 0 Å². The Kier molecular flexibility index (Phi) is 2.57. The van der Waals surface area contributed by atoms with Gasteiger partial charge in [-0.1, -0.05) is 16.5 Å². The van der Waals surface area contributed by atoms with Crippen LogP contribution in [0.5, 0.6) is 0 Å². The van der Waals surface area contributed by atoms with E-state index in [1.807, 2.05) is 0 Å². The molecule has 7 nitrogen and oxygen atoms in total. The summed E-state index contributed by atoms with van der Waals surface area (Å²) in [4.78, 5) is 11.6. The molecule has 0 saturated heterocycles. The number of nitrogens with zero attached hydrogens (tertiary/aromatic N) is 3. The normalized spacial score (nSPS) is 10.4. The Hall–Kier alpha value is -1.96. The fourth-order valence-corrected chi connectivity index (χ4v) is 1.52. The van der Waals surface area contributed by atoms with E-state index < -0.39 is 5.91 Å². The van der Waals surface area contributed by atoms with Gasteiger partial charge in [0.25, 0.3) is 5.91 Å². The van der Waals surface area contributed by atoms with Crippen molar-refractivity contribution >= 4 is 28.3 Å². The first-order valence-corrected chi connectivity index (χ1v) is 5.23. The van der Waals surface area contributed by atoms with Crippen LogP contribution in [0.15, 0.2) is 4.52 Å². The molecular formula is C8H9N5O2S. The van der Waals surface area contributed by atoms with Crippen molar-refractivity contribution in [1.82, 2.24) is 15.4 Å². The minimum Gasteiger partial charge on any atom is -0.374 e. The summed E-state index contributed by atoms with van der Waals surface area (Å²) in [7, 11) is 0. The number of aryl methyl sites for hydroxylation is 1. The van der Waals surface area contributed by atoms with E-state index in [2.05, 4.69) is 20.7 Å². The number of carbonyl (C=O) groups excluding carboxylic acids is 1. The maximum absolute atomic E-state index is 11.6. The van der Waals surface area contributed by atoms with E-state index >= 15 is 0 Å². The highest BCUT2D eigenvalue weighted by Crippen LogP contribution is 2.19. The Morgan fingerprint density at radius 3 is 2.69 bits per heavy atom. The Bertz CT molecular complexity index is 532. The standard InChI is InChI=1S/C8H9N5O2S/c1-3-4(2)13-15-6(3)10-5(14)7-11-12-8(9)16-7/h1-2H3,(H2,9,12)(H,10,14). The maximum Gasteiger partial charge on any atom is 0.289 e. The Labute approximate surface area is 94.6 Å². The van der Waals surface area contributed by atoms with Crippen LogP contribution in [-0.4, -0.2) is 21.3 Å². The molecule has 84 valence electrons. The zero-order valence-corrected chi connectivity index (χ0v) is 9.46. The van der Waals surface area contributed by atoms with Crippen molar-refractivity contribution < 1.29 is 9.32 Å². The van der Waals surface area contributed by atoms with Gasteiger partial charge in [-0.15, -0.1) is 10.2 Å². The molecular weight excluding hydrogens is 230 g/mol. The average Bonchev–Trinajstić information content (AvgIpc) is 2.79. The van der Waals surface area contributed by atoms with E-state index in [-0.39, 0.29) is 10.1 Å². The molecule has 0 fully saturated rings. The number of nitrogen functional groups attached to an aromatic ring is 1. The van der Waals surface area contributed by atoms with Gasteiger partial charge >= 0.3 is 0 Å². The highest BCUT2D eigenvalue weighted by atomic mass is 32.1. The van der Waals surface area contributed by atoms with E-state index in [0.717, 1.165) is 22.6 Å². The lowest BCUT2D eigenvalue weighted by Gasteiger charge is -1.97. The number of carbonyl (C=O) groups is 1. The number of hydrogen-bond donors (Lipinski definition) is 2. The van der Waals surface area contributed by atoms with Crippen LogP contribution >= 0.6 is 11.3 Å². The molecule has 2 heterocycles. The van der Waals surface area contributed by atoms with E-state index in [1.165, 1.54) is 0 Å². The van der Waals surface area contributed by atoms with Crippen molar-refractivity contribution in [2.24, 2.45) is 0 Å². The van der Waals surface area contributed by atoms with Crippen molar-refractivity contribution in [2.45, 2.75) is 13.8 Å². The average molecular weight is 239 g/mol. The molecule has 0 spiro atoms. The molecule has 2 aromatic heterocycles. The summed E-state index contributed by atoms with van der Waals surface area (Å²) < 4.78 is 4.94. The highest BCUT2D eigenvalue weighted by molar-refractivity contribution is 7.16. The third-order valence-electron chi connectivity index (χ3n) is 2.02.